The summed E-state index contributed by atoms with van der Waals surface area (Å²) in [7, 11) is 0. The lowest BCUT2D eigenvalue weighted by atomic mass is 10.1. The highest BCUT2D eigenvalue weighted by Crippen LogP contribution is 2.20. The number of carbonyl (C=O) groups is 1. The maximum atomic E-state index is 12.0. The Balaban J connectivity index is 1.71. The van der Waals surface area contributed by atoms with Gasteiger partial charge in [0.1, 0.15) is 5.75 Å². The second kappa shape index (κ2) is 8.39. The van der Waals surface area contributed by atoms with E-state index in [9.17, 15) is 4.79 Å². The van der Waals surface area contributed by atoms with E-state index in [1.165, 1.54) is 5.56 Å². The number of hydrogen-bond donors (Lipinski definition) is 2. The molecule has 1 amide bonds. The van der Waals surface area contributed by atoms with Gasteiger partial charge in [0.05, 0.1) is 6.61 Å². The molecule has 0 fully saturated rings. The van der Waals surface area contributed by atoms with Crippen molar-refractivity contribution in [3.05, 3.63) is 53.1 Å². The molecule has 0 aromatic heterocycles. The maximum absolute atomic E-state index is 12.0. The van der Waals surface area contributed by atoms with Crippen LogP contribution < -0.4 is 15.8 Å². The van der Waals surface area contributed by atoms with Crippen LogP contribution in [0.5, 0.6) is 5.75 Å². The number of unbranched alkanes of at least 4 members (excludes halogenated alkanes) is 1. The lowest BCUT2D eigenvalue weighted by molar-refractivity contribution is -0.116. The highest BCUT2D eigenvalue weighted by Gasteiger charge is 2.06. The first-order chi connectivity index (χ1) is 11.5. The van der Waals surface area contributed by atoms with E-state index in [4.69, 9.17) is 10.5 Å². The van der Waals surface area contributed by atoms with Crippen molar-refractivity contribution in [2.24, 2.45) is 0 Å². The van der Waals surface area contributed by atoms with E-state index >= 15 is 0 Å². The Labute approximate surface area is 144 Å². The largest absolute Gasteiger partial charge is 0.493 e. The molecule has 0 radical (unpaired) electrons. The van der Waals surface area contributed by atoms with E-state index in [-0.39, 0.29) is 5.91 Å². The van der Waals surface area contributed by atoms with Gasteiger partial charge in [0, 0.05) is 17.8 Å². The summed E-state index contributed by atoms with van der Waals surface area (Å²) in [6, 6.07) is 11.7. The van der Waals surface area contributed by atoms with Crippen molar-refractivity contribution in [2.45, 2.75) is 40.0 Å². The minimum atomic E-state index is 0.00966. The number of carbonyl (C=O) groups excluding carboxylic acids is 1. The molecule has 0 aliphatic carbocycles. The SMILES string of the molecule is Cc1ccc(C)c(OCCCCC(=O)Nc2cc(N)ccc2C)c1. The summed E-state index contributed by atoms with van der Waals surface area (Å²) in [6.45, 7) is 6.66. The standard InChI is InChI=1S/C20H26N2O2/c1-14-7-8-16(3)19(12-14)24-11-5-4-6-20(23)22-18-13-17(21)10-9-15(18)2/h7-10,12-13H,4-6,11,21H2,1-3H3,(H,22,23). The monoisotopic (exact) mass is 326 g/mol. The average Bonchev–Trinajstić information content (AvgIpc) is 2.54. The van der Waals surface area contributed by atoms with E-state index in [1.807, 2.05) is 32.0 Å². The normalized spacial score (nSPS) is 10.5. The Morgan fingerprint density at radius 1 is 1.04 bits per heavy atom. The minimum absolute atomic E-state index is 0.00966. The van der Waals surface area contributed by atoms with Gasteiger partial charge in [-0.3, -0.25) is 4.79 Å². The van der Waals surface area contributed by atoms with Crippen LogP contribution in [-0.4, -0.2) is 12.5 Å². The zero-order chi connectivity index (χ0) is 17.5. The van der Waals surface area contributed by atoms with Crippen molar-refractivity contribution in [2.75, 3.05) is 17.7 Å². The van der Waals surface area contributed by atoms with Crippen LogP contribution >= 0.6 is 0 Å². The van der Waals surface area contributed by atoms with Gasteiger partial charge < -0.3 is 15.8 Å². The molecule has 0 aliphatic heterocycles. The van der Waals surface area contributed by atoms with Crippen molar-refractivity contribution >= 4 is 17.3 Å². The summed E-state index contributed by atoms with van der Waals surface area (Å²) < 4.78 is 5.80. The van der Waals surface area contributed by atoms with Gasteiger partial charge in [0.15, 0.2) is 0 Å². The molecule has 0 aliphatic rings. The fourth-order valence-electron chi connectivity index (χ4n) is 2.42. The van der Waals surface area contributed by atoms with Crippen LogP contribution in [0.15, 0.2) is 36.4 Å². The number of amides is 1. The lowest BCUT2D eigenvalue weighted by Crippen LogP contribution is -2.13. The molecular weight excluding hydrogens is 300 g/mol. The van der Waals surface area contributed by atoms with Gasteiger partial charge in [-0.2, -0.15) is 0 Å². The van der Waals surface area contributed by atoms with E-state index in [2.05, 4.69) is 24.4 Å². The molecule has 2 rings (SSSR count). The summed E-state index contributed by atoms with van der Waals surface area (Å²) in [5, 5.41) is 2.92. The zero-order valence-corrected chi connectivity index (χ0v) is 14.7. The number of nitrogens with one attached hydrogen (secondary N) is 1. The van der Waals surface area contributed by atoms with Crippen molar-refractivity contribution in [1.29, 1.82) is 0 Å². The van der Waals surface area contributed by atoms with Crippen LogP contribution in [0, 0.1) is 20.8 Å². The number of anilines is 2. The smallest absolute Gasteiger partial charge is 0.224 e. The molecule has 2 aromatic carbocycles. The summed E-state index contributed by atoms with van der Waals surface area (Å²) in [5.74, 6) is 0.935. The molecular formula is C20H26N2O2. The summed E-state index contributed by atoms with van der Waals surface area (Å²) in [6.07, 6.45) is 2.11. The Bertz CT molecular complexity index is 711. The number of hydrogen-bond acceptors (Lipinski definition) is 3. The highest BCUT2D eigenvalue weighted by atomic mass is 16.5. The molecule has 128 valence electrons. The first kappa shape index (κ1) is 17.9. The third kappa shape index (κ3) is 5.30. The summed E-state index contributed by atoms with van der Waals surface area (Å²) in [5.41, 5.74) is 10.5. The molecule has 0 saturated heterocycles. The number of nitrogen functional groups attached to an aromatic ring is 1. The third-order valence-corrected chi connectivity index (χ3v) is 3.94. The van der Waals surface area contributed by atoms with Crippen molar-refractivity contribution in [3.63, 3.8) is 0 Å². The lowest BCUT2D eigenvalue weighted by Gasteiger charge is -2.11. The number of aryl methyl sites for hydroxylation is 3. The quantitative estimate of drug-likeness (QED) is 0.586. The highest BCUT2D eigenvalue weighted by molar-refractivity contribution is 5.91. The van der Waals surface area contributed by atoms with Gasteiger partial charge >= 0.3 is 0 Å². The first-order valence-corrected chi connectivity index (χ1v) is 8.32. The first-order valence-electron chi connectivity index (χ1n) is 8.32. The van der Waals surface area contributed by atoms with Crippen LogP contribution in [0.2, 0.25) is 0 Å². The Kier molecular flexibility index (Phi) is 6.24. The van der Waals surface area contributed by atoms with E-state index in [0.29, 0.717) is 18.7 Å². The van der Waals surface area contributed by atoms with E-state index in [0.717, 1.165) is 35.4 Å². The van der Waals surface area contributed by atoms with Gasteiger partial charge in [-0.15, -0.1) is 0 Å². The van der Waals surface area contributed by atoms with Crippen molar-refractivity contribution in [1.82, 2.24) is 0 Å². The predicted molar refractivity (Wildman–Crippen MR) is 99.5 cm³/mol. The van der Waals surface area contributed by atoms with Crippen LogP contribution in [0.4, 0.5) is 11.4 Å². The van der Waals surface area contributed by atoms with E-state index in [1.54, 1.807) is 6.07 Å². The molecule has 4 nitrogen and oxygen atoms in total. The topological polar surface area (TPSA) is 64.3 Å². The number of ether oxygens (including phenoxy) is 1. The van der Waals surface area contributed by atoms with Crippen LogP contribution in [-0.2, 0) is 4.79 Å². The summed E-state index contributed by atoms with van der Waals surface area (Å²) in [4.78, 5) is 12.0. The molecule has 24 heavy (non-hydrogen) atoms. The summed E-state index contributed by atoms with van der Waals surface area (Å²) >= 11 is 0. The molecule has 0 saturated carbocycles. The molecule has 3 N–H and O–H groups in total. The van der Waals surface area contributed by atoms with Crippen molar-refractivity contribution < 1.29 is 9.53 Å². The number of rotatable bonds is 7. The zero-order valence-electron chi connectivity index (χ0n) is 14.7. The fourth-order valence-corrected chi connectivity index (χ4v) is 2.42. The van der Waals surface area contributed by atoms with Gasteiger partial charge in [-0.05, 0) is 68.5 Å². The van der Waals surface area contributed by atoms with Gasteiger partial charge in [-0.1, -0.05) is 18.2 Å². The predicted octanol–water partition coefficient (Wildman–Crippen LogP) is 4.38. The Morgan fingerprint density at radius 2 is 1.79 bits per heavy atom. The molecule has 2 aromatic rings. The number of nitrogens with two attached hydrogens (primary N) is 1. The Hall–Kier alpha value is -2.49. The van der Waals surface area contributed by atoms with Gasteiger partial charge in [0.2, 0.25) is 5.91 Å². The van der Waals surface area contributed by atoms with Crippen LogP contribution in [0.1, 0.15) is 36.0 Å². The Morgan fingerprint density at radius 3 is 2.58 bits per heavy atom. The van der Waals surface area contributed by atoms with Crippen LogP contribution in [0.25, 0.3) is 0 Å². The third-order valence-electron chi connectivity index (χ3n) is 3.94. The molecule has 4 heteroatoms. The van der Waals surface area contributed by atoms with E-state index < -0.39 is 0 Å². The molecule has 0 unspecified atom stereocenters. The van der Waals surface area contributed by atoms with Crippen molar-refractivity contribution in [3.8, 4) is 5.75 Å². The molecule has 0 heterocycles. The van der Waals surface area contributed by atoms with Gasteiger partial charge in [0.25, 0.3) is 0 Å². The van der Waals surface area contributed by atoms with Gasteiger partial charge in [-0.25, -0.2) is 0 Å². The minimum Gasteiger partial charge on any atom is -0.493 e. The average molecular weight is 326 g/mol. The number of benzene rings is 2. The maximum Gasteiger partial charge on any atom is 0.224 e. The fraction of sp³-hybridized carbons (Fsp3) is 0.350. The molecule has 0 bridgehead atoms. The molecule has 0 spiro atoms. The second-order valence-corrected chi connectivity index (χ2v) is 6.20. The van der Waals surface area contributed by atoms with Crippen LogP contribution in [0.3, 0.4) is 0 Å². The molecule has 0 atom stereocenters. The second-order valence-electron chi connectivity index (χ2n) is 6.20.